The quantitative estimate of drug-likeness (QED) is 0.751. The second-order valence-electron chi connectivity index (χ2n) is 5.85. The minimum absolute atomic E-state index is 0.0582. The smallest absolute Gasteiger partial charge is 0.220 e. The van der Waals surface area contributed by atoms with E-state index in [0.717, 1.165) is 16.8 Å². The summed E-state index contributed by atoms with van der Waals surface area (Å²) in [7, 11) is 0. The van der Waals surface area contributed by atoms with Crippen LogP contribution >= 0.6 is 0 Å². The van der Waals surface area contributed by atoms with E-state index in [1.807, 2.05) is 37.3 Å². The number of amides is 1. The molecule has 0 aliphatic carbocycles. The van der Waals surface area contributed by atoms with E-state index in [2.05, 4.69) is 15.4 Å². The maximum Gasteiger partial charge on any atom is 0.220 e. The average molecular weight is 338 g/mol. The van der Waals surface area contributed by atoms with Gasteiger partial charge in [-0.25, -0.2) is 14.1 Å². The van der Waals surface area contributed by atoms with Crippen molar-refractivity contribution in [2.24, 2.45) is 0 Å². The Morgan fingerprint density at radius 1 is 1.24 bits per heavy atom. The first-order chi connectivity index (χ1) is 12.1. The van der Waals surface area contributed by atoms with Crippen LogP contribution in [-0.2, 0) is 11.2 Å². The van der Waals surface area contributed by atoms with Gasteiger partial charge in [0.1, 0.15) is 18.5 Å². The Kier molecular flexibility index (Phi) is 5.18. The van der Waals surface area contributed by atoms with Crippen molar-refractivity contribution in [2.75, 3.05) is 0 Å². The Hall–Kier alpha value is -3.02. The summed E-state index contributed by atoms with van der Waals surface area (Å²) in [5.74, 6) is -0.337. The minimum atomic E-state index is -0.279. The Labute approximate surface area is 145 Å². The van der Waals surface area contributed by atoms with Crippen LogP contribution in [0.3, 0.4) is 0 Å². The van der Waals surface area contributed by atoms with Gasteiger partial charge in [-0.1, -0.05) is 24.3 Å². The Bertz CT molecular complexity index is 831. The van der Waals surface area contributed by atoms with Crippen molar-refractivity contribution in [1.29, 1.82) is 0 Å². The molecule has 0 radical (unpaired) electrons. The van der Waals surface area contributed by atoms with Crippen molar-refractivity contribution in [3.8, 4) is 5.69 Å². The van der Waals surface area contributed by atoms with Gasteiger partial charge in [0, 0.05) is 6.42 Å². The van der Waals surface area contributed by atoms with Crippen molar-refractivity contribution in [3.63, 3.8) is 0 Å². The monoisotopic (exact) mass is 338 g/mol. The number of carbonyl (C=O) groups is 1. The fourth-order valence-corrected chi connectivity index (χ4v) is 2.60. The van der Waals surface area contributed by atoms with Gasteiger partial charge < -0.3 is 5.32 Å². The van der Waals surface area contributed by atoms with Crippen molar-refractivity contribution < 1.29 is 9.18 Å². The van der Waals surface area contributed by atoms with E-state index in [1.54, 1.807) is 17.1 Å². The molecule has 0 saturated carbocycles. The number of halogens is 1. The summed E-state index contributed by atoms with van der Waals surface area (Å²) in [6.07, 6.45) is 3.95. The summed E-state index contributed by atoms with van der Waals surface area (Å²) in [6.45, 7) is 1.94. The predicted octanol–water partition coefficient (Wildman–Crippen LogP) is 3.22. The molecule has 0 fully saturated rings. The molecule has 0 aliphatic heterocycles. The molecule has 0 bridgehead atoms. The van der Waals surface area contributed by atoms with Gasteiger partial charge in [-0.2, -0.15) is 5.10 Å². The van der Waals surface area contributed by atoms with E-state index in [0.29, 0.717) is 12.8 Å². The van der Waals surface area contributed by atoms with Gasteiger partial charge in [0.05, 0.1) is 11.7 Å². The maximum absolute atomic E-state index is 13.1. The standard InChI is InChI=1S/C19H19FN4O/c1-14(16-6-8-18(9-7-16)24-13-21-12-22-24)23-19(25)10-5-15-3-2-4-17(20)11-15/h2-4,6-9,11-14H,5,10H2,1H3,(H,23,25). The molecular weight excluding hydrogens is 319 g/mol. The van der Waals surface area contributed by atoms with Crippen LogP contribution in [0.4, 0.5) is 4.39 Å². The van der Waals surface area contributed by atoms with Crippen LogP contribution in [0.15, 0.2) is 61.2 Å². The summed E-state index contributed by atoms with van der Waals surface area (Å²) in [5.41, 5.74) is 2.73. The zero-order valence-electron chi connectivity index (χ0n) is 13.9. The van der Waals surface area contributed by atoms with Crippen molar-refractivity contribution in [2.45, 2.75) is 25.8 Å². The first kappa shape index (κ1) is 16.8. The Balaban J connectivity index is 1.54. The molecular formula is C19H19FN4O. The van der Waals surface area contributed by atoms with Crippen LogP contribution in [0.2, 0.25) is 0 Å². The number of hydrogen-bond acceptors (Lipinski definition) is 3. The summed E-state index contributed by atoms with van der Waals surface area (Å²) in [5, 5.41) is 7.05. The van der Waals surface area contributed by atoms with Gasteiger partial charge in [0.25, 0.3) is 0 Å². The zero-order valence-corrected chi connectivity index (χ0v) is 13.9. The van der Waals surface area contributed by atoms with E-state index >= 15 is 0 Å². The predicted molar refractivity (Wildman–Crippen MR) is 92.6 cm³/mol. The minimum Gasteiger partial charge on any atom is -0.350 e. The normalized spacial score (nSPS) is 11.9. The number of hydrogen-bond donors (Lipinski definition) is 1. The molecule has 5 nitrogen and oxygen atoms in total. The second-order valence-corrected chi connectivity index (χ2v) is 5.85. The summed E-state index contributed by atoms with van der Waals surface area (Å²) in [6, 6.07) is 14.0. The Morgan fingerprint density at radius 2 is 2.04 bits per heavy atom. The number of rotatable bonds is 6. The number of aryl methyl sites for hydroxylation is 1. The third-order valence-corrected chi connectivity index (χ3v) is 3.98. The maximum atomic E-state index is 13.1. The lowest BCUT2D eigenvalue weighted by Gasteiger charge is -2.15. The van der Waals surface area contributed by atoms with Crippen LogP contribution < -0.4 is 5.32 Å². The SMILES string of the molecule is CC(NC(=O)CCc1cccc(F)c1)c1ccc(-n2cncn2)cc1. The fraction of sp³-hybridized carbons (Fsp3) is 0.211. The molecule has 0 saturated heterocycles. The molecule has 1 unspecified atom stereocenters. The lowest BCUT2D eigenvalue weighted by molar-refractivity contribution is -0.121. The average Bonchev–Trinajstić information content (AvgIpc) is 3.15. The molecule has 3 rings (SSSR count). The third-order valence-electron chi connectivity index (χ3n) is 3.98. The topological polar surface area (TPSA) is 59.8 Å². The Morgan fingerprint density at radius 3 is 2.72 bits per heavy atom. The van der Waals surface area contributed by atoms with E-state index in [-0.39, 0.29) is 17.8 Å². The molecule has 0 aliphatic rings. The number of aromatic nitrogens is 3. The van der Waals surface area contributed by atoms with Crippen LogP contribution in [0.1, 0.15) is 30.5 Å². The molecule has 1 N–H and O–H groups in total. The largest absolute Gasteiger partial charge is 0.350 e. The van der Waals surface area contributed by atoms with E-state index in [1.165, 1.54) is 18.5 Å². The molecule has 3 aromatic rings. The molecule has 1 heterocycles. The van der Waals surface area contributed by atoms with Crippen LogP contribution in [0.5, 0.6) is 0 Å². The van der Waals surface area contributed by atoms with Crippen LogP contribution in [0.25, 0.3) is 5.69 Å². The molecule has 0 spiro atoms. The van der Waals surface area contributed by atoms with Gasteiger partial charge in [0.15, 0.2) is 0 Å². The number of nitrogens with zero attached hydrogens (tertiary/aromatic N) is 3. The number of nitrogens with one attached hydrogen (secondary N) is 1. The molecule has 2 aromatic carbocycles. The lowest BCUT2D eigenvalue weighted by Crippen LogP contribution is -2.26. The summed E-state index contributed by atoms with van der Waals surface area (Å²) in [4.78, 5) is 16.0. The summed E-state index contributed by atoms with van der Waals surface area (Å²) >= 11 is 0. The fourth-order valence-electron chi connectivity index (χ4n) is 2.60. The van der Waals surface area contributed by atoms with Crippen molar-refractivity contribution >= 4 is 5.91 Å². The van der Waals surface area contributed by atoms with E-state index in [4.69, 9.17) is 0 Å². The number of carbonyl (C=O) groups excluding carboxylic acids is 1. The molecule has 1 atom stereocenters. The molecule has 1 aromatic heterocycles. The third kappa shape index (κ3) is 4.50. The molecule has 25 heavy (non-hydrogen) atoms. The van der Waals surface area contributed by atoms with Crippen molar-refractivity contribution in [1.82, 2.24) is 20.1 Å². The van der Waals surface area contributed by atoms with Gasteiger partial charge in [-0.3, -0.25) is 4.79 Å². The van der Waals surface area contributed by atoms with Crippen molar-refractivity contribution in [3.05, 3.63) is 78.1 Å². The van der Waals surface area contributed by atoms with Gasteiger partial charge >= 0.3 is 0 Å². The van der Waals surface area contributed by atoms with Gasteiger partial charge in [-0.15, -0.1) is 0 Å². The second kappa shape index (κ2) is 7.70. The molecule has 6 heteroatoms. The highest BCUT2D eigenvalue weighted by molar-refractivity contribution is 5.76. The highest BCUT2D eigenvalue weighted by Crippen LogP contribution is 2.15. The van der Waals surface area contributed by atoms with E-state index < -0.39 is 0 Å². The summed E-state index contributed by atoms with van der Waals surface area (Å²) < 4.78 is 14.8. The lowest BCUT2D eigenvalue weighted by atomic mass is 10.1. The van der Waals surface area contributed by atoms with Gasteiger partial charge in [0.2, 0.25) is 5.91 Å². The first-order valence-electron chi connectivity index (χ1n) is 8.10. The first-order valence-corrected chi connectivity index (χ1v) is 8.10. The van der Waals surface area contributed by atoms with Crippen LogP contribution in [0, 0.1) is 5.82 Å². The zero-order chi connectivity index (χ0) is 17.6. The highest BCUT2D eigenvalue weighted by Gasteiger charge is 2.10. The van der Waals surface area contributed by atoms with Gasteiger partial charge in [-0.05, 0) is 48.7 Å². The van der Waals surface area contributed by atoms with Crippen LogP contribution in [-0.4, -0.2) is 20.7 Å². The number of benzene rings is 2. The molecule has 128 valence electrons. The molecule has 1 amide bonds. The van der Waals surface area contributed by atoms with E-state index in [9.17, 15) is 9.18 Å². The highest BCUT2D eigenvalue weighted by atomic mass is 19.1.